The number of H-pyrrole nitrogens is 1. The Labute approximate surface area is 135 Å². The number of aryl methyl sites for hydroxylation is 1. The second kappa shape index (κ2) is 7.36. The number of hydrogen-bond acceptors (Lipinski definition) is 5. The van der Waals surface area contributed by atoms with Crippen molar-refractivity contribution in [2.24, 2.45) is 0 Å². The van der Waals surface area contributed by atoms with Gasteiger partial charge in [-0.2, -0.15) is 4.98 Å². The number of esters is 1. The van der Waals surface area contributed by atoms with Crippen molar-refractivity contribution in [3.05, 3.63) is 57.1 Å². The van der Waals surface area contributed by atoms with E-state index in [1.54, 1.807) is 13.8 Å². The minimum atomic E-state index is -0.629. The van der Waals surface area contributed by atoms with E-state index < -0.39 is 23.3 Å². The summed E-state index contributed by atoms with van der Waals surface area (Å²) in [5.74, 6) is -1.75. The van der Waals surface area contributed by atoms with Gasteiger partial charge in [0.1, 0.15) is 22.2 Å². The molecule has 0 bridgehead atoms. The summed E-state index contributed by atoms with van der Waals surface area (Å²) >= 11 is 0.967. The van der Waals surface area contributed by atoms with E-state index in [0.717, 1.165) is 30.0 Å². The van der Waals surface area contributed by atoms with Crippen molar-refractivity contribution in [3.63, 3.8) is 0 Å². The molecule has 0 radical (unpaired) electrons. The molecule has 8 heteroatoms. The average Bonchev–Trinajstić information content (AvgIpc) is 2.47. The zero-order valence-corrected chi connectivity index (χ0v) is 13.3. The molecule has 0 atom stereocenters. The number of aromatic amines is 1. The van der Waals surface area contributed by atoms with Crippen LogP contribution < -0.4 is 5.69 Å². The molecule has 1 aromatic heterocycles. The molecule has 1 N–H and O–H groups in total. The highest BCUT2D eigenvalue weighted by Crippen LogP contribution is 2.26. The number of thioether (sulfide) groups is 1. The molecular formula is C15H14F2N2O3S. The lowest BCUT2D eigenvalue weighted by Gasteiger charge is -2.10. The minimum Gasteiger partial charge on any atom is -0.462 e. The Hall–Kier alpha value is -2.22. The van der Waals surface area contributed by atoms with Gasteiger partial charge in [-0.15, -0.1) is 11.8 Å². The first-order chi connectivity index (χ1) is 10.9. The Kier molecular flexibility index (Phi) is 5.49. The standard InChI is InChI=1S/C15H14F2N2O3S/c1-3-22-14(20)12-8(2)18-15(21)19-13(12)23-7-9-6-10(16)4-5-11(9)17/h4-6H,3,7H2,1-2H3,(H,18,19,21). The minimum absolute atomic E-state index is 0.0197. The van der Waals surface area contributed by atoms with Gasteiger partial charge in [-0.25, -0.2) is 18.4 Å². The highest BCUT2D eigenvalue weighted by molar-refractivity contribution is 7.98. The SMILES string of the molecule is CCOC(=O)c1c(SCc2cc(F)ccc2F)nc(=O)[nH]c1C. The number of rotatable bonds is 5. The maximum absolute atomic E-state index is 13.7. The lowest BCUT2D eigenvalue weighted by Crippen LogP contribution is -2.19. The quantitative estimate of drug-likeness (QED) is 0.515. The maximum Gasteiger partial charge on any atom is 0.346 e. The number of carbonyl (C=O) groups excluding carboxylic acids is 1. The Morgan fingerprint density at radius 2 is 2.13 bits per heavy atom. The lowest BCUT2D eigenvalue weighted by atomic mass is 10.2. The van der Waals surface area contributed by atoms with Crippen LogP contribution >= 0.6 is 11.8 Å². The predicted molar refractivity (Wildman–Crippen MR) is 81.5 cm³/mol. The van der Waals surface area contributed by atoms with Crippen LogP contribution in [0.15, 0.2) is 28.0 Å². The van der Waals surface area contributed by atoms with Crippen molar-refractivity contribution in [1.29, 1.82) is 0 Å². The third-order valence-corrected chi connectivity index (χ3v) is 3.96. The molecule has 0 aliphatic carbocycles. The summed E-state index contributed by atoms with van der Waals surface area (Å²) in [5.41, 5.74) is -0.0822. The molecule has 0 saturated carbocycles. The fourth-order valence-corrected chi connectivity index (χ4v) is 2.95. The Morgan fingerprint density at radius 3 is 2.83 bits per heavy atom. The summed E-state index contributed by atoms with van der Waals surface area (Å²) in [6.45, 7) is 3.36. The number of aromatic nitrogens is 2. The largest absolute Gasteiger partial charge is 0.462 e. The van der Waals surface area contributed by atoms with E-state index in [1.165, 1.54) is 0 Å². The number of halogens is 2. The molecule has 1 aromatic carbocycles. The number of carbonyl (C=O) groups is 1. The van der Waals surface area contributed by atoms with Crippen molar-refractivity contribution >= 4 is 17.7 Å². The van der Waals surface area contributed by atoms with Gasteiger partial charge >= 0.3 is 11.7 Å². The summed E-state index contributed by atoms with van der Waals surface area (Å²) < 4.78 is 31.8. The molecule has 2 aromatic rings. The van der Waals surface area contributed by atoms with E-state index in [2.05, 4.69) is 9.97 Å². The lowest BCUT2D eigenvalue weighted by molar-refractivity contribution is 0.0519. The van der Waals surface area contributed by atoms with Crippen LogP contribution in [0.4, 0.5) is 8.78 Å². The molecule has 1 heterocycles. The van der Waals surface area contributed by atoms with E-state index in [9.17, 15) is 18.4 Å². The first kappa shape index (κ1) is 17.1. The molecule has 122 valence electrons. The number of benzene rings is 1. The Balaban J connectivity index is 2.33. The van der Waals surface area contributed by atoms with Crippen LogP contribution in [-0.4, -0.2) is 22.5 Å². The molecule has 0 aliphatic heterocycles. The highest BCUT2D eigenvalue weighted by atomic mass is 32.2. The van der Waals surface area contributed by atoms with Crippen LogP contribution in [0.25, 0.3) is 0 Å². The topological polar surface area (TPSA) is 72.0 Å². The van der Waals surface area contributed by atoms with Crippen LogP contribution in [0.1, 0.15) is 28.5 Å². The smallest absolute Gasteiger partial charge is 0.346 e. The molecule has 0 spiro atoms. The van der Waals surface area contributed by atoms with Gasteiger partial charge in [-0.1, -0.05) is 0 Å². The molecule has 0 unspecified atom stereocenters. The van der Waals surface area contributed by atoms with Gasteiger partial charge in [0, 0.05) is 17.0 Å². The Bertz CT molecular complexity index is 793. The molecule has 0 fully saturated rings. The molecule has 5 nitrogen and oxygen atoms in total. The average molecular weight is 340 g/mol. The summed E-state index contributed by atoms with van der Waals surface area (Å²) in [6, 6.07) is 3.10. The highest BCUT2D eigenvalue weighted by Gasteiger charge is 2.19. The zero-order valence-electron chi connectivity index (χ0n) is 12.5. The fraction of sp³-hybridized carbons (Fsp3) is 0.267. The van der Waals surface area contributed by atoms with Crippen molar-refractivity contribution in [2.75, 3.05) is 6.61 Å². The van der Waals surface area contributed by atoms with E-state index in [4.69, 9.17) is 4.74 Å². The normalized spacial score (nSPS) is 10.6. The van der Waals surface area contributed by atoms with Gasteiger partial charge < -0.3 is 9.72 Å². The van der Waals surface area contributed by atoms with Crippen LogP contribution in [0.3, 0.4) is 0 Å². The first-order valence-electron chi connectivity index (χ1n) is 6.77. The third-order valence-electron chi connectivity index (χ3n) is 2.94. The molecule has 0 aliphatic rings. The van der Waals surface area contributed by atoms with Crippen LogP contribution in [0, 0.1) is 18.6 Å². The van der Waals surface area contributed by atoms with Crippen molar-refractivity contribution in [1.82, 2.24) is 9.97 Å². The predicted octanol–water partition coefficient (Wildman–Crippen LogP) is 2.83. The van der Waals surface area contributed by atoms with Gasteiger partial charge in [-0.05, 0) is 32.0 Å². The van der Waals surface area contributed by atoms with Gasteiger partial charge in [0.15, 0.2) is 0 Å². The number of ether oxygens (including phenoxy) is 1. The van der Waals surface area contributed by atoms with E-state index in [1.807, 2.05) is 0 Å². The van der Waals surface area contributed by atoms with E-state index in [0.29, 0.717) is 5.69 Å². The van der Waals surface area contributed by atoms with Gasteiger partial charge in [0.2, 0.25) is 0 Å². The Morgan fingerprint density at radius 1 is 1.39 bits per heavy atom. The number of nitrogens with one attached hydrogen (secondary N) is 1. The molecule has 0 amide bonds. The van der Waals surface area contributed by atoms with Gasteiger partial charge in [-0.3, -0.25) is 0 Å². The second-order valence-electron chi connectivity index (χ2n) is 4.59. The molecule has 2 rings (SSSR count). The fourth-order valence-electron chi connectivity index (χ4n) is 1.91. The summed E-state index contributed by atoms with van der Waals surface area (Å²) in [5, 5.41) is 0.119. The zero-order chi connectivity index (χ0) is 17.0. The molecule has 23 heavy (non-hydrogen) atoms. The van der Waals surface area contributed by atoms with Crippen LogP contribution in [0.2, 0.25) is 0 Å². The van der Waals surface area contributed by atoms with Crippen LogP contribution in [-0.2, 0) is 10.5 Å². The van der Waals surface area contributed by atoms with Crippen molar-refractivity contribution in [3.8, 4) is 0 Å². The third kappa shape index (κ3) is 4.16. The van der Waals surface area contributed by atoms with E-state index in [-0.39, 0.29) is 28.5 Å². The number of nitrogens with zero attached hydrogens (tertiary/aromatic N) is 1. The summed E-state index contributed by atoms with van der Waals surface area (Å²) in [6.07, 6.45) is 0. The molecule has 0 saturated heterocycles. The first-order valence-corrected chi connectivity index (χ1v) is 7.75. The maximum atomic E-state index is 13.7. The summed E-state index contributed by atoms with van der Waals surface area (Å²) in [7, 11) is 0. The summed E-state index contributed by atoms with van der Waals surface area (Å²) in [4.78, 5) is 29.7. The van der Waals surface area contributed by atoms with Gasteiger partial charge in [0.05, 0.1) is 6.61 Å². The van der Waals surface area contributed by atoms with E-state index >= 15 is 0 Å². The van der Waals surface area contributed by atoms with Crippen molar-refractivity contribution in [2.45, 2.75) is 24.6 Å². The van der Waals surface area contributed by atoms with Crippen molar-refractivity contribution < 1.29 is 18.3 Å². The molecular weight excluding hydrogens is 326 g/mol. The van der Waals surface area contributed by atoms with Crippen LogP contribution in [0.5, 0.6) is 0 Å². The number of hydrogen-bond donors (Lipinski definition) is 1. The monoisotopic (exact) mass is 340 g/mol. The van der Waals surface area contributed by atoms with Gasteiger partial charge in [0.25, 0.3) is 0 Å². The second-order valence-corrected chi connectivity index (χ2v) is 5.56.